The average Bonchev–Trinajstić information content (AvgIpc) is 3.43. The summed E-state index contributed by atoms with van der Waals surface area (Å²) in [5, 5.41) is 19.1. The minimum absolute atomic E-state index is 0.878. The Morgan fingerprint density at radius 3 is 2.77 bits per heavy atom. The van der Waals surface area contributed by atoms with Gasteiger partial charge in [-0.05, 0) is 41.6 Å². The molecule has 26 heavy (non-hydrogen) atoms. The molecular formula is C18H17N5S3. The number of anilines is 1. The lowest BCUT2D eigenvalue weighted by atomic mass is 10.2. The van der Waals surface area contributed by atoms with Crippen molar-refractivity contribution in [1.82, 2.24) is 20.0 Å². The van der Waals surface area contributed by atoms with Crippen molar-refractivity contribution in [3.05, 3.63) is 70.7 Å². The van der Waals surface area contributed by atoms with Gasteiger partial charge in [-0.2, -0.15) is 5.10 Å². The van der Waals surface area contributed by atoms with Gasteiger partial charge in [0, 0.05) is 29.6 Å². The Kier molecular flexibility index (Phi) is 5.63. The lowest BCUT2D eigenvalue weighted by Gasteiger charge is -2.03. The van der Waals surface area contributed by atoms with Crippen LogP contribution >= 0.6 is 34.4 Å². The fourth-order valence-corrected chi connectivity index (χ4v) is 4.84. The van der Waals surface area contributed by atoms with Crippen molar-refractivity contribution in [2.24, 2.45) is 0 Å². The Balaban J connectivity index is 1.26. The second kappa shape index (κ2) is 8.48. The highest BCUT2D eigenvalue weighted by Crippen LogP contribution is 2.28. The van der Waals surface area contributed by atoms with Gasteiger partial charge in [0.25, 0.3) is 0 Å². The fourth-order valence-electron chi connectivity index (χ4n) is 2.40. The summed E-state index contributed by atoms with van der Waals surface area (Å²) in [5.41, 5.74) is 2.32. The molecule has 0 atom stereocenters. The molecule has 1 aromatic carbocycles. The number of rotatable bonds is 8. The van der Waals surface area contributed by atoms with Crippen molar-refractivity contribution in [3.63, 3.8) is 0 Å². The molecule has 0 unspecified atom stereocenters. The van der Waals surface area contributed by atoms with E-state index in [1.54, 1.807) is 40.6 Å². The first-order valence-electron chi connectivity index (χ1n) is 8.18. The molecule has 0 radical (unpaired) electrons. The first-order chi connectivity index (χ1) is 12.9. The number of aromatic nitrogens is 4. The van der Waals surface area contributed by atoms with Gasteiger partial charge < -0.3 is 5.32 Å². The van der Waals surface area contributed by atoms with E-state index in [0.29, 0.717) is 0 Å². The standard InChI is InChI=1S/C18H17N5S3/c1-3-16(24-12-1)8-10-19-17-21-22-18(26-17)25-13-14-4-6-15(7-5-14)23-11-2-9-20-23/h1-7,9,11-12H,8,10,13H2,(H,19,21). The van der Waals surface area contributed by atoms with Crippen molar-refractivity contribution in [2.75, 3.05) is 11.9 Å². The molecule has 8 heteroatoms. The zero-order valence-electron chi connectivity index (χ0n) is 13.9. The number of thioether (sulfide) groups is 1. The molecule has 0 aliphatic carbocycles. The van der Waals surface area contributed by atoms with E-state index < -0.39 is 0 Å². The van der Waals surface area contributed by atoms with E-state index in [1.807, 2.05) is 16.9 Å². The SMILES string of the molecule is c1csc(CCNc2nnc(SCc3ccc(-n4cccn4)cc3)s2)c1. The minimum atomic E-state index is 0.878. The van der Waals surface area contributed by atoms with E-state index in [4.69, 9.17) is 0 Å². The van der Waals surface area contributed by atoms with Gasteiger partial charge in [-0.15, -0.1) is 21.5 Å². The lowest BCUT2D eigenvalue weighted by molar-refractivity contribution is 0.880. The normalized spacial score (nSPS) is 10.9. The molecule has 4 aromatic rings. The van der Waals surface area contributed by atoms with Crippen LogP contribution < -0.4 is 5.32 Å². The number of hydrogen-bond donors (Lipinski definition) is 1. The maximum absolute atomic E-state index is 4.26. The van der Waals surface area contributed by atoms with Crippen LogP contribution in [0.1, 0.15) is 10.4 Å². The molecular weight excluding hydrogens is 382 g/mol. The van der Waals surface area contributed by atoms with Crippen LogP contribution in [0.4, 0.5) is 5.13 Å². The molecule has 0 fully saturated rings. The molecule has 132 valence electrons. The number of nitrogens with one attached hydrogen (secondary N) is 1. The number of benzene rings is 1. The molecule has 3 aromatic heterocycles. The minimum Gasteiger partial charge on any atom is -0.360 e. The zero-order chi connectivity index (χ0) is 17.6. The van der Waals surface area contributed by atoms with E-state index in [0.717, 1.165) is 33.9 Å². The Morgan fingerprint density at radius 1 is 1.08 bits per heavy atom. The summed E-state index contributed by atoms with van der Waals surface area (Å²) in [7, 11) is 0. The molecule has 0 saturated heterocycles. The third-order valence-corrected chi connectivity index (χ3v) is 6.72. The van der Waals surface area contributed by atoms with Crippen molar-refractivity contribution >= 4 is 39.6 Å². The van der Waals surface area contributed by atoms with Gasteiger partial charge in [0.1, 0.15) is 0 Å². The van der Waals surface area contributed by atoms with Gasteiger partial charge in [-0.25, -0.2) is 4.68 Å². The van der Waals surface area contributed by atoms with E-state index in [2.05, 4.69) is 62.4 Å². The van der Waals surface area contributed by atoms with Crippen LogP contribution in [0, 0.1) is 0 Å². The number of nitrogens with zero attached hydrogens (tertiary/aromatic N) is 4. The summed E-state index contributed by atoms with van der Waals surface area (Å²) in [6, 6.07) is 14.6. The van der Waals surface area contributed by atoms with Gasteiger partial charge in [-0.1, -0.05) is 41.3 Å². The molecule has 0 amide bonds. The third-order valence-electron chi connectivity index (χ3n) is 3.70. The van der Waals surface area contributed by atoms with Crippen LogP contribution in [-0.2, 0) is 12.2 Å². The van der Waals surface area contributed by atoms with Crippen LogP contribution in [-0.4, -0.2) is 26.5 Å². The van der Waals surface area contributed by atoms with Crippen molar-refractivity contribution in [2.45, 2.75) is 16.5 Å². The summed E-state index contributed by atoms with van der Waals surface area (Å²) in [5.74, 6) is 0.878. The molecule has 0 saturated carbocycles. The molecule has 0 spiro atoms. The Hall–Kier alpha value is -2.16. The van der Waals surface area contributed by atoms with Crippen LogP contribution in [0.25, 0.3) is 5.69 Å². The Morgan fingerprint density at radius 2 is 2.00 bits per heavy atom. The summed E-state index contributed by atoms with van der Waals surface area (Å²) in [6.45, 7) is 0.884. The summed E-state index contributed by atoms with van der Waals surface area (Å²) >= 11 is 5.11. The predicted octanol–water partition coefficient (Wildman–Crippen LogP) is 4.73. The number of thiophene rings is 1. The number of hydrogen-bond acceptors (Lipinski definition) is 7. The Labute approximate surface area is 164 Å². The monoisotopic (exact) mass is 399 g/mol. The van der Waals surface area contributed by atoms with E-state index in [-0.39, 0.29) is 0 Å². The van der Waals surface area contributed by atoms with Gasteiger partial charge in [-0.3, -0.25) is 0 Å². The van der Waals surface area contributed by atoms with Crippen LogP contribution in [0.3, 0.4) is 0 Å². The largest absolute Gasteiger partial charge is 0.360 e. The molecule has 0 bridgehead atoms. The maximum atomic E-state index is 4.26. The highest BCUT2D eigenvalue weighted by Gasteiger charge is 2.06. The average molecular weight is 400 g/mol. The topological polar surface area (TPSA) is 55.6 Å². The highest BCUT2D eigenvalue weighted by atomic mass is 32.2. The molecule has 0 aliphatic heterocycles. The summed E-state index contributed by atoms with van der Waals surface area (Å²) < 4.78 is 2.84. The van der Waals surface area contributed by atoms with Crippen molar-refractivity contribution in [1.29, 1.82) is 0 Å². The smallest absolute Gasteiger partial charge is 0.206 e. The fraction of sp³-hybridized carbons (Fsp3) is 0.167. The van der Waals surface area contributed by atoms with Crippen LogP contribution in [0.5, 0.6) is 0 Å². The first kappa shape index (κ1) is 17.3. The van der Waals surface area contributed by atoms with Gasteiger partial charge in [0.15, 0.2) is 4.34 Å². The second-order valence-electron chi connectivity index (χ2n) is 5.54. The van der Waals surface area contributed by atoms with E-state index in [1.165, 1.54) is 10.4 Å². The first-order valence-corrected chi connectivity index (χ1v) is 10.9. The summed E-state index contributed by atoms with van der Waals surface area (Å²) in [4.78, 5) is 1.38. The quantitative estimate of drug-likeness (QED) is 0.434. The molecule has 0 aliphatic rings. The molecule has 4 rings (SSSR count). The molecule has 3 heterocycles. The van der Waals surface area contributed by atoms with Crippen molar-refractivity contribution < 1.29 is 0 Å². The van der Waals surface area contributed by atoms with Crippen molar-refractivity contribution in [3.8, 4) is 5.69 Å². The molecule has 5 nitrogen and oxygen atoms in total. The maximum Gasteiger partial charge on any atom is 0.206 e. The Bertz CT molecular complexity index is 914. The van der Waals surface area contributed by atoms with Gasteiger partial charge >= 0.3 is 0 Å². The van der Waals surface area contributed by atoms with Gasteiger partial charge in [0.05, 0.1) is 5.69 Å². The lowest BCUT2D eigenvalue weighted by Crippen LogP contribution is -2.03. The second-order valence-corrected chi connectivity index (χ2v) is 8.77. The van der Waals surface area contributed by atoms with Gasteiger partial charge in [0.2, 0.25) is 5.13 Å². The third kappa shape index (κ3) is 4.51. The van der Waals surface area contributed by atoms with Crippen LogP contribution in [0.2, 0.25) is 0 Å². The highest BCUT2D eigenvalue weighted by molar-refractivity contribution is 8.00. The van der Waals surface area contributed by atoms with E-state index >= 15 is 0 Å². The zero-order valence-corrected chi connectivity index (χ0v) is 16.4. The van der Waals surface area contributed by atoms with E-state index in [9.17, 15) is 0 Å². The predicted molar refractivity (Wildman–Crippen MR) is 110 cm³/mol. The van der Waals surface area contributed by atoms with Crippen LogP contribution in [0.15, 0.2) is 64.6 Å². The summed E-state index contributed by atoms with van der Waals surface area (Å²) in [6.07, 6.45) is 4.74. The molecule has 1 N–H and O–H groups in total.